The second-order valence-electron chi connectivity index (χ2n) is 6.38. The van der Waals surface area contributed by atoms with E-state index in [9.17, 15) is 9.90 Å². The van der Waals surface area contributed by atoms with Gasteiger partial charge in [0.2, 0.25) is 0 Å². The van der Waals surface area contributed by atoms with Gasteiger partial charge >= 0.3 is 5.97 Å². The molecule has 19 heavy (non-hydrogen) atoms. The molecule has 0 bridgehead atoms. The molecule has 0 saturated heterocycles. The first-order valence-corrected chi connectivity index (χ1v) is 7.55. The van der Waals surface area contributed by atoms with Gasteiger partial charge in [-0.05, 0) is 72.4 Å². The van der Waals surface area contributed by atoms with Crippen molar-refractivity contribution in [2.24, 2.45) is 5.92 Å². The van der Waals surface area contributed by atoms with E-state index < -0.39 is 11.5 Å². The van der Waals surface area contributed by atoms with Crippen LogP contribution in [0.4, 0.5) is 0 Å². The number of likely N-dealkylation sites (N-methyl/N-ethyl adjacent to an activating group) is 1. The van der Waals surface area contributed by atoms with E-state index in [1.165, 1.54) is 19.4 Å². The summed E-state index contributed by atoms with van der Waals surface area (Å²) in [5.74, 6) is 0.165. The van der Waals surface area contributed by atoms with Crippen LogP contribution in [0.2, 0.25) is 0 Å². The van der Waals surface area contributed by atoms with Gasteiger partial charge in [0.1, 0.15) is 5.54 Å². The minimum absolute atomic E-state index is 0.593. The van der Waals surface area contributed by atoms with Gasteiger partial charge in [-0.2, -0.15) is 0 Å². The fourth-order valence-electron chi connectivity index (χ4n) is 2.32. The van der Waals surface area contributed by atoms with Crippen LogP contribution in [0.1, 0.15) is 52.9 Å². The highest BCUT2D eigenvalue weighted by atomic mass is 16.4. The highest BCUT2D eigenvalue weighted by Gasteiger charge is 2.30. The molecule has 0 aromatic heterocycles. The summed E-state index contributed by atoms with van der Waals surface area (Å²) in [6, 6.07) is 0.593. The Morgan fingerprint density at radius 3 is 2.47 bits per heavy atom. The maximum Gasteiger partial charge on any atom is 0.323 e. The van der Waals surface area contributed by atoms with Crippen LogP contribution >= 0.6 is 0 Å². The Bertz CT molecular complexity index is 290. The smallest absolute Gasteiger partial charge is 0.323 e. The van der Waals surface area contributed by atoms with Crippen LogP contribution in [0.25, 0.3) is 0 Å². The lowest BCUT2D eigenvalue weighted by atomic mass is 9.95. The molecule has 1 aliphatic rings. The average Bonchev–Trinajstić information content (AvgIpc) is 3.16. The predicted molar refractivity (Wildman–Crippen MR) is 78.4 cm³/mol. The third-order valence-electron chi connectivity index (χ3n) is 4.32. The van der Waals surface area contributed by atoms with Gasteiger partial charge in [-0.25, -0.2) is 0 Å². The lowest BCUT2D eigenvalue weighted by Gasteiger charge is -2.28. The Balaban J connectivity index is 2.25. The second kappa shape index (κ2) is 7.25. The third-order valence-corrected chi connectivity index (χ3v) is 4.32. The van der Waals surface area contributed by atoms with Crippen LogP contribution in [0.15, 0.2) is 0 Å². The minimum Gasteiger partial charge on any atom is -0.480 e. The Morgan fingerprint density at radius 1 is 1.42 bits per heavy atom. The van der Waals surface area contributed by atoms with Gasteiger partial charge in [0, 0.05) is 12.6 Å². The first-order valence-electron chi connectivity index (χ1n) is 7.55. The fourth-order valence-corrected chi connectivity index (χ4v) is 2.32. The largest absolute Gasteiger partial charge is 0.480 e. The van der Waals surface area contributed by atoms with Crippen LogP contribution in [0.5, 0.6) is 0 Å². The van der Waals surface area contributed by atoms with Crippen molar-refractivity contribution in [1.29, 1.82) is 0 Å². The molecule has 112 valence electrons. The van der Waals surface area contributed by atoms with E-state index in [0.29, 0.717) is 12.5 Å². The highest BCUT2D eigenvalue weighted by molar-refractivity contribution is 5.78. The van der Waals surface area contributed by atoms with Crippen molar-refractivity contribution in [2.75, 3.05) is 20.1 Å². The fraction of sp³-hybridized carbons (Fsp3) is 0.933. The molecule has 1 fully saturated rings. The molecule has 1 saturated carbocycles. The molecule has 0 heterocycles. The monoisotopic (exact) mass is 270 g/mol. The molecule has 0 aliphatic heterocycles. The van der Waals surface area contributed by atoms with E-state index in [1.54, 1.807) is 14.0 Å². The molecule has 1 atom stereocenters. The topological polar surface area (TPSA) is 52.6 Å². The summed E-state index contributed by atoms with van der Waals surface area (Å²) in [5, 5.41) is 12.1. The van der Waals surface area contributed by atoms with Crippen molar-refractivity contribution in [2.45, 2.75) is 64.5 Å². The summed E-state index contributed by atoms with van der Waals surface area (Å²) in [5.41, 5.74) is -0.779. The molecular weight excluding hydrogens is 240 g/mol. The number of hydrogen-bond donors (Lipinski definition) is 2. The van der Waals surface area contributed by atoms with Crippen LogP contribution in [-0.2, 0) is 4.79 Å². The molecule has 0 aromatic carbocycles. The first-order chi connectivity index (χ1) is 8.89. The van der Waals surface area contributed by atoms with E-state index in [2.05, 4.69) is 24.1 Å². The quantitative estimate of drug-likeness (QED) is 0.598. The second-order valence-corrected chi connectivity index (χ2v) is 6.38. The normalized spacial score (nSPS) is 18.8. The van der Waals surface area contributed by atoms with Gasteiger partial charge in [-0.15, -0.1) is 0 Å². The number of rotatable bonds is 10. The summed E-state index contributed by atoms with van der Waals surface area (Å²) in [6.45, 7) is 8.57. The van der Waals surface area contributed by atoms with Crippen LogP contribution < -0.4 is 5.32 Å². The summed E-state index contributed by atoms with van der Waals surface area (Å²) in [6.07, 6.45) is 5.50. The standard InChI is InChI=1S/C15H30N2O2/c1-12(2)17(11-13-7-8-13)10-6-5-9-15(3,16-4)14(18)19/h12-13,16H,5-11H2,1-4H3,(H,18,19). The lowest BCUT2D eigenvalue weighted by molar-refractivity contribution is -0.144. The van der Waals surface area contributed by atoms with Gasteiger partial charge in [0.15, 0.2) is 0 Å². The highest BCUT2D eigenvalue weighted by Crippen LogP contribution is 2.30. The minimum atomic E-state index is -0.779. The number of unbranched alkanes of at least 4 members (excludes halogenated alkanes) is 1. The third kappa shape index (κ3) is 5.49. The zero-order valence-electron chi connectivity index (χ0n) is 12.9. The zero-order valence-corrected chi connectivity index (χ0v) is 12.9. The van der Waals surface area contributed by atoms with E-state index in [-0.39, 0.29) is 0 Å². The Hall–Kier alpha value is -0.610. The molecule has 1 rings (SSSR count). The molecule has 1 aliphatic carbocycles. The number of carbonyl (C=O) groups is 1. The summed E-state index contributed by atoms with van der Waals surface area (Å²) in [7, 11) is 1.72. The Kier molecular flexibility index (Phi) is 6.27. The number of carboxylic acids is 1. The lowest BCUT2D eigenvalue weighted by Crippen LogP contribution is -2.47. The molecular formula is C15H30N2O2. The van der Waals surface area contributed by atoms with Gasteiger partial charge < -0.3 is 15.3 Å². The van der Waals surface area contributed by atoms with E-state index in [1.807, 2.05) is 0 Å². The van der Waals surface area contributed by atoms with Gasteiger partial charge in [0.25, 0.3) is 0 Å². The van der Waals surface area contributed by atoms with Gasteiger partial charge in [0.05, 0.1) is 0 Å². The number of nitrogens with zero attached hydrogens (tertiary/aromatic N) is 1. The Labute approximate surface area is 117 Å². The number of nitrogens with one attached hydrogen (secondary N) is 1. The summed E-state index contributed by atoms with van der Waals surface area (Å²) >= 11 is 0. The van der Waals surface area contributed by atoms with Crippen molar-refractivity contribution in [1.82, 2.24) is 10.2 Å². The van der Waals surface area contributed by atoms with Crippen LogP contribution in [0.3, 0.4) is 0 Å². The number of carboxylic acid groups (broad SMARTS) is 1. The molecule has 0 radical (unpaired) electrons. The van der Waals surface area contributed by atoms with Crippen molar-refractivity contribution in [3.63, 3.8) is 0 Å². The van der Waals surface area contributed by atoms with E-state index in [0.717, 1.165) is 25.3 Å². The average molecular weight is 270 g/mol. The summed E-state index contributed by atoms with van der Waals surface area (Å²) < 4.78 is 0. The first kappa shape index (κ1) is 16.4. The Morgan fingerprint density at radius 2 is 2.05 bits per heavy atom. The maximum atomic E-state index is 11.2. The molecule has 2 N–H and O–H groups in total. The number of hydrogen-bond acceptors (Lipinski definition) is 3. The SMILES string of the molecule is CNC(C)(CCCCN(CC1CC1)C(C)C)C(=O)O. The van der Waals surface area contributed by atoms with Crippen molar-refractivity contribution in [3.8, 4) is 0 Å². The molecule has 0 aromatic rings. The van der Waals surface area contributed by atoms with E-state index in [4.69, 9.17) is 0 Å². The zero-order chi connectivity index (χ0) is 14.5. The van der Waals surface area contributed by atoms with E-state index >= 15 is 0 Å². The van der Waals surface area contributed by atoms with Crippen LogP contribution in [-0.4, -0.2) is 47.7 Å². The van der Waals surface area contributed by atoms with Gasteiger partial charge in [-0.1, -0.05) is 0 Å². The van der Waals surface area contributed by atoms with Gasteiger partial charge in [-0.3, -0.25) is 4.79 Å². The predicted octanol–water partition coefficient (Wildman–Crippen LogP) is 2.34. The molecule has 1 unspecified atom stereocenters. The molecule has 4 nitrogen and oxygen atoms in total. The van der Waals surface area contributed by atoms with Crippen molar-refractivity contribution < 1.29 is 9.90 Å². The maximum absolute atomic E-state index is 11.2. The van der Waals surface area contributed by atoms with Crippen molar-refractivity contribution in [3.05, 3.63) is 0 Å². The molecule has 0 spiro atoms. The van der Waals surface area contributed by atoms with Crippen molar-refractivity contribution >= 4 is 5.97 Å². The van der Waals surface area contributed by atoms with Crippen LogP contribution in [0, 0.1) is 5.92 Å². The number of aliphatic carboxylic acids is 1. The molecule has 4 heteroatoms. The molecule has 0 amide bonds. The summed E-state index contributed by atoms with van der Waals surface area (Å²) in [4.78, 5) is 13.7.